The Kier molecular flexibility index (Phi) is 7.67. The minimum absolute atomic E-state index is 0.0899. The molecule has 150 valence electrons. The number of carbonyl (C=O) groups excluding carboxylic acids is 2. The van der Waals surface area contributed by atoms with E-state index in [9.17, 15) is 19.7 Å². The number of hydrogen-bond donors (Lipinski definition) is 1. The highest BCUT2D eigenvalue weighted by atomic mass is 16.6. The smallest absolute Gasteiger partial charge is 0.331 e. The first-order valence-electron chi connectivity index (χ1n) is 8.67. The lowest BCUT2D eigenvalue weighted by molar-refractivity contribution is -0.384. The van der Waals surface area contributed by atoms with E-state index in [1.54, 1.807) is 36.4 Å². The maximum atomic E-state index is 12.1. The molecule has 1 amide bonds. The zero-order valence-electron chi connectivity index (χ0n) is 15.7. The van der Waals surface area contributed by atoms with Crippen LogP contribution in [0.15, 0.2) is 67.3 Å². The van der Waals surface area contributed by atoms with Crippen LogP contribution in [0.25, 0.3) is 6.08 Å². The number of nitro benzene ring substituents is 1. The fourth-order valence-corrected chi connectivity index (χ4v) is 2.17. The second kappa shape index (κ2) is 10.4. The number of rotatable bonds is 9. The number of amides is 1. The van der Waals surface area contributed by atoms with Crippen molar-refractivity contribution in [2.24, 2.45) is 0 Å². The molecule has 8 heteroatoms. The van der Waals surface area contributed by atoms with E-state index < -0.39 is 22.9 Å². The van der Waals surface area contributed by atoms with Crippen molar-refractivity contribution in [3.05, 3.63) is 82.9 Å². The van der Waals surface area contributed by atoms with Crippen molar-refractivity contribution >= 4 is 29.3 Å². The summed E-state index contributed by atoms with van der Waals surface area (Å²) in [6, 6.07) is 12.4. The molecule has 0 heterocycles. The SMILES string of the molecule is C=CCOc1ccc(/C=C/C(=O)OC(C)C(=O)Nc2ccc([N+](=O)[O-])cc2)cc1. The summed E-state index contributed by atoms with van der Waals surface area (Å²) in [6.45, 7) is 5.40. The van der Waals surface area contributed by atoms with Crippen LogP contribution >= 0.6 is 0 Å². The van der Waals surface area contributed by atoms with Crippen molar-refractivity contribution in [1.82, 2.24) is 0 Å². The molecule has 1 N–H and O–H groups in total. The van der Waals surface area contributed by atoms with Gasteiger partial charge in [0.15, 0.2) is 6.10 Å². The van der Waals surface area contributed by atoms with Gasteiger partial charge in [-0.25, -0.2) is 4.79 Å². The van der Waals surface area contributed by atoms with Crippen LogP contribution in [-0.2, 0) is 14.3 Å². The van der Waals surface area contributed by atoms with Gasteiger partial charge in [0.2, 0.25) is 0 Å². The van der Waals surface area contributed by atoms with Gasteiger partial charge in [-0.15, -0.1) is 0 Å². The van der Waals surface area contributed by atoms with E-state index in [0.717, 1.165) is 5.56 Å². The van der Waals surface area contributed by atoms with Crippen LogP contribution in [-0.4, -0.2) is 29.5 Å². The molecule has 1 atom stereocenters. The van der Waals surface area contributed by atoms with Crippen molar-refractivity contribution in [3.8, 4) is 5.75 Å². The zero-order valence-corrected chi connectivity index (χ0v) is 15.7. The average Bonchev–Trinajstić information content (AvgIpc) is 2.71. The topological polar surface area (TPSA) is 108 Å². The lowest BCUT2D eigenvalue weighted by Gasteiger charge is -2.12. The lowest BCUT2D eigenvalue weighted by Crippen LogP contribution is -2.29. The summed E-state index contributed by atoms with van der Waals surface area (Å²) in [5, 5.41) is 13.2. The Bertz CT molecular complexity index is 904. The molecule has 0 aliphatic rings. The number of esters is 1. The summed E-state index contributed by atoms with van der Waals surface area (Å²) in [7, 11) is 0. The third kappa shape index (κ3) is 6.94. The maximum absolute atomic E-state index is 12.1. The van der Waals surface area contributed by atoms with E-state index in [2.05, 4.69) is 11.9 Å². The number of benzene rings is 2. The molecule has 0 saturated carbocycles. The van der Waals surface area contributed by atoms with Gasteiger partial charge in [-0.05, 0) is 42.8 Å². The number of carbonyl (C=O) groups is 2. The van der Waals surface area contributed by atoms with Crippen molar-refractivity contribution in [3.63, 3.8) is 0 Å². The van der Waals surface area contributed by atoms with Crippen LogP contribution in [0, 0.1) is 10.1 Å². The van der Waals surface area contributed by atoms with Gasteiger partial charge in [0.1, 0.15) is 12.4 Å². The van der Waals surface area contributed by atoms with Crippen molar-refractivity contribution in [2.75, 3.05) is 11.9 Å². The van der Waals surface area contributed by atoms with E-state index >= 15 is 0 Å². The van der Waals surface area contributed by atoms with E-state index in [-0.39, 0.29) is 5.69 Å². The predicted molar refractivity (Wildman–Crippen MR) is 108 cm³/mol. The molecule has 0 aromatic heterocycles. The number of anilines is 1. The molecule has 0 spiro atoms. The minimum atomic E-state index is -1.04. The number of hydrogen-bond acceptors (Lipinski definition) is 6. The molecular weight excluding hydrogens is 376 g/mol. The van der Waals surface area contributed by atoms with Gasteiger partial charge in [-0.1, -0.05) is 24.8 Å². The van der Waals surface area contributed by atoms with E-state index in [4.69, 9.17) is 9.47 Å². The van der Waals surface area contributed by atoms with Crippen molar-refractivity contribution < 1.29 is 24.0 Å². The molecule has 0 bridgehead atoms. The Morgan fingerprint density at radius 1 is 1.17 bits per heavy atom. The largest absolute Gasteiger partial charge is 0.490 e. The molecule has 8 nitrogen and oxygen atoms in total. The standard InChI is InChI=1S/C21H20N2O6/c1-3-14-28-19-11-4-16(5-12-19)6-13-20(24)29-15(2)21(25)22-17-7-9-18(10-8-17)23(26)27/h3-13,15H,1,14H2,2H3,(H,22,25)/b13-6+. The third-order valence-corrected chi connectivity index (χ3v) is 3.67. The van der Waals surface area contributed by atoms with E-state index in [1.807, 2.05) is 0 Å². The molecule has 0 aliphatic heterocycles. The molecule has 0 aliphatic carbocycles. The molecule has 2 aromatic carbocycles. The fourth-order valence-electron chi connectivity index (χ4n) is 2.17. The summed E-state index contributed by atoms with van der Waals surface area (Å²) >= 11 is 0. The molecule has 2 rings (SSSR count). The third-order valence-electron chi connectivity index (χ3n) is 3.67. The van der Waals surface area contributed by atoms with Crippen molar-refractivity contribution in [1.29, 1.82) is 0 Å². The number of ether oxygens (including phenoxy) is 2. The predicted octanol–water partition coefficient (Wildman–Crippen LogP) is 3.74. The van der Waals surface area contributed by atoms with Gasteiger partial charge < -0.3 is 14.8 Å². The summed E-state index contributed by atoms with van der Waals surface area (Å²) in [5.41, 5.74) is 1.03. The number of nitrogens with zero attached hydrogens (tertiary/aromatic N) is 1. The highest BCUT2D eigenvalue weighted by molar-refractivity contribution is 5.96. The quantitative estimate of drug-likeness (QED) is 0.227. The van der Waals surface area contributed by atoms with Crippen LogP contribution in [0.2, 0.25) is 0 Å². The normalized spacial score (nSPS) is 11.5. The van der Waals surface area contributed by atoms with Gasteiger partial charge in [0, 0.05) is 23.9 Å². The van der Waals surface area contributed by atoms with Crippen LogP contribution in [0.5, 0.6) is 5.75 Å². The van der Waals surface area contributed by atoms with Gasteiger partial charge in [-0.2, -0.15) is 0 Å². The minimum Gasteiger partial charge on any atom is -0.490 e. The molecular formula is C21H20N2O6. The Labute approximate surface area is 167 Å². The highest BCUT2D eigenvalue weighted by Crippen LogP contribution is 2.16. The molecule has 29 heavy (non-hydrogen) atoms. The zero-order chi connectivity index (χ0) is 21.2. The van der Waals surface area contributed by atoms with Crippen molar-refractivity contribution in [2.45, 2.75) is 13.0 Å². The monoisotopic (exact) mass is 396 g/mol. The number of nitrogens with one attached hydrogen (secondary N) is 1. The number of nitro groups is 1. The van der Waals surface area contributed by atoms with Crippen LogP contribution < -0.4 is 10.1 Å². The Balaban J connectivity index is 1.85. The average molecular weight is 396 g/mol. The Morgan fingerprint density at radius 2 is 1.83 bits per heavy atom. The molecule has 0 fully saturated rings. The van der Waals surface area contributed by atoms with E-state index in [0.29, 0.717) is 18.0 Å². The molecule has 0 saturated heterocycles. The second-order valence-corrected chi connectivity index (χ2v) is 5.87. The fraction of sp³-hybridized carbons (Fsp3) is 0.143. The molecule has 2 aromatic rings. The summed E-state index contributed by atoms with van der Waals surface area (Å²) in [6.07, 6.45) is 3.37. The van der Waals surface area contributed by atoms with Crippen LogP contribution in [0.1, 0.15) is 12.5 Å². The maximum Gasteiger partial charge on any atom is 0.331 e. The Hall–Kier alpha value is -3.94. The van der Waals surface area contributed by atoms with Crippen LogP contribution in [0.4, 0.5) is 11.4 Å². The van der Waals surface area contributed by atoms with Gasteiger partial charge >= 0.3 is 5.97 Å². The van der Waals surface area contributed by atoms with Gasteiger partial charge in [0.25, 0.3) is 11.6 Å². The highest BCUT2D eigenvalue weighted by Gasteiger charge is 2.17. The second-order valence-electron chi connectivity index (χ2n) is 5.87. The molecule has 0 radical (unpaired) electrons. The van der Waals surface area contributed by atoms with Gasteiger partial charge in [0.05, 0.1) is 4.92 Å². The summed E-state index contributed by atoms with van der Waals surface area (Å²) in [4.78, 5) is 34.1. The summed E-state index contributed by atoms with van der Waals surface area (Å²) in [5.74, 6) is -0.547. The molecule has 1 unspecified atom stereocenters. The van der Waals surface area contributed by atoms with E-state index in [1.165, 1.54) is 37.3 Å². The number of non-ortho nitro benzene ring substituents is 1. The lowest BCUT2D eigenvalue weighted by atomic mass is 10.2. The first kappa shape index (κ1) is 21.4. The Morgan fingerprint density at radius 3 is 2.41 bits per heavy atom. The van der Waals surface area contributed by atoms with Gasteiger partial charge in [-0.3, -0.25) is 14.9 Å². The first-order chi connectivity index (χ1) is 13.9. The summed E-state index contributed by atoms with van der Waals surface area (Å²) < 4.78 is 10.4. The van der Waals surface area contributed by atoms with Crippen LogP contribution in [0.3, 0.4) is 0 Å². The first-order valence-corrected chi connectivity index (χ1v) is 8.67.